The number of allylic oxidation sites excluding steroid dienone is 1. The molecule has 3 nitrogen and oxygen atoms in total. The van der Waals surface area contributed by atoms with E-state index in [9.17, 15) is 8.42 Å². The number of terminal acetylenes is 1. The summed E-state index contributed by atoms with van der Waals surface area (Å²) in [7, 11) is -3.56. The third-order valence-electron chi connectivity index (χ3n) is 2.93. The Balaban J connectivity index is 3.14. The average molecular weight is 303 g/mol. The van der Waals surface area contributed by atoms with E-state index in [4.69, 9.17) is 6.42 Å². The molecule has 0 atom stereocenters. The summed E-state index contributed by atoms with van der Waals surface area (Å²) in [5.41, 5.74) is 2.50. The van der Waals surface area contributed by atoms with Gasteiger partial charge in [-0.05, 0) is 38.5 Å². The van der Waals surface area contributed by atoms with Crippen molar-refractivity contribution in [2.75, 3.05) is 13.1 Å². The van der Waals surface area contributed by atoms with Crippen LogP contribution in [-0.2, 0) is 10.0 Å². The molecule has 0 aliphatic heterocycles. The first-order valence-electron chi connectivity index (χ1n) is 6.62. The van der Waals surface area contributed by atoms with Crippen LogP contribution in [-0.4, -0.2) is 25.8 Å². The van der Waals surface area contributed by atoms with E-state index < -0.39 is 10.0 Å². The Morgan fingerprint density at radius 2 is 1.90 bits per heavy atom. The molecule has 0 aliphatic rings. The maximum absolute atomic E-state index is 12.7. The van der Waals surface area contributed by atoms with Crippen LogP contribution in [0.5, 0.6) is 0 Å². The monoisotopic (exact) mass is 303 g/mol. The molecule has 0 aromatic heterocycles. The molecule has 0 spiro atoms. The van der Waals surface area contributed by atoms with Gasteiger partial charge in [0.05, 0.1) is 4.90 Å². The van der Waals surface area contributed by atoms with Crippen LogP contribution in [0, 0.1) is 19.3 Å². The third-order valence-corrected chi connectivity index (χ3v) is 4.76. The largest absolute Gasteiger partial charge is 0.243 e. The smallest absolute Gasteiger partial charge is 0.207 e. The van der Waals surface area contributed by atoms with Crippen LogP contribution >= 0.6 is 0 Å². The van der Waals surface area contributed by atoms with E-state index in [0.717, 1.165) is 11.1 Å². The van der Waals surface area contributed by atoms with E-state index in [2.05, 4.69) is 12.5 Å². The second kappa shape index (κ2) is 7.26. The van der Waals surface area contributed by atoms with Gasteiger partial charge < -0.3 is 0 Å². The van der Waals surface area contributed by atoms with Gasteiger partial charge in [-0.25, -0.2) is 8.42 Å². The summed E-state index contributed by atoms with van der Waals surface area (Å²) >= 11 is 0. The van der Waals surface area contributed by atoms with Gasteiger partial charge in [-0.3, -0.25) is 0 Å². The van der Waals surface area contributed by atoms with Gasteiger partial charge in [-0.15, -0.1) is 6.42 Å². The van der Waals surface area contributed by atoms with Crippen LogP contribution in [0.15, 0.2) is 53.0 Å². The molecule has 0 fully saturated rings. The van der Waals surface area contributed by atoms with Gasteiger partial charge in [-0.1, -0.05) is 41.8 Å². The lowest BCUT2D eigenvalue weighted by Gasteiger charge is -2.21. The lowest BCUT2D eigenvalue weighted by molar-refractivity contribution is 0.466. The summed E-state index contributed by atoms with van der Waals surface area (Å²) in [6.45, 7) is 9.79. The van der Waals surface area contributed by atoms with E-state index in [-0.39, 0.29) is 18.0 Å². The Bertz CT molecular complexity index is 676. The highest BCUT2D eigenvalue weighted by Crippen LogP contribution is 2.17. The van der Waals surface area contributed by atoms with Crippen molar-refractivity contribution in [1.82, 2.24) is 4.31 Å². The summed E-state index contributed by atoms with van der Waals surface area (Å²) in [6, 6.07) is 6.81. The van der Waals surface area contributed by atoms with Crippen LogP contribution in [0.25, 0.3) is 0 Å². The molecule has 4 heteroatoms. The first-order valence-corrected chi connectivity index (χ1v) is 8.06. The van der Waals surface area contributed by atoms with Gasteiger partial charge in [-0.2, -0.15) is 4.31 Å². The zero-order valence-corrected chi connectivity index (χ0v) is 13.6. The van der Waals surface area contributed by atoms with Crippen molar-refractivity contribution in [3.63, 3.8) is 0 Å². The van der Waals surface area contributed by atoms with Crippen molar-refractivity contribution < 1.29 is 8.42 Å². The average Bonchev–Trinajstić information content (AvgIpc) is 2.43. The first kappa shape index (κ1) is 17.2. The maximum atomic E-state index is 12.7. The van der Waals surface area contributed by atoms with E-state index in [1.54, 1.807) is 44.2 Å². The van der Waals surface area contributed by atoms with Crippen molar-refractivity contribution in [3.8, 4) is 12.3 Å². The first-order chi connectivity index (χ1) is 9.77. The number of sulfonamides is 1. The SMILES string of the molecule is C#C/C(C)=C\CN(CC(=C)C)S(=O)(=O)c1ccc(C)cc1. The molecule has 0 radical (unpaired) electrons. The number of hydrogen-bond acceptors (Lipinski definition) is 2. The van der Waals surface area contributed by atoms with Gasteiger partial charge in [0.15, 0.2) is 0 Å². The van der Waals surface area contributed by atoms with Crippen LogP contribution in [0.2, 0.25) is 0 Å². The van der Waals surface area contributed by atoms with Crippen LogP contribution in [0.1, 0.15) is 19.4 Å². The summed E-state index contributed by atoms with van der Waals surface area (Å²) in [5.74, 6) is 2.49. The topological polar surface area (TPSA) is 37.4 Å². The van der Waals surface area contributed by atoms with Gasteiger partial charge in [0.2, 0.25) is 10.0 Å². The molecule has 112 valence electrons. The number of aryl methyl sites for hydroxylation is 1. The zero-order chi connectivity index (χ0) is 16.0. The molecule has 0 unspecified atom stereocenters. The van der Waals surface area contributed by atoms with E-state index in [0.29, 0.717) is 5.57 Å². The van der Waals surface area contributed by atoms with Gasteiger partial charge in [0.1, 0.15) is 0 Å². The molecule has 1 rings (SSSR count). The molecule has 1 aromatic carbocycles. The second-order valence-corrected chi connectivity index (χ2v) is 7.04. The number of hydrogen-bond donors (Lipinski definition) is 0. The zero-order valence-electron chi connectivity index (χ0n) is 12.8. The highest BCUT2D eigenvalue weighted by molar-refractivity contribution is 7.89. The van der Waals surface area contributed by atoms with Crippen LogP contribution in [0.3, 0.4) is 0 Å². The van der Waals surface area contributed by atoms with Crippen molar-refractivity contribution in [2.24, 2.45) is 0 Å². The molecule has 21 heavy (non-hydrogen) atoms. The fraction of sp³-hybridized carbons (Fsp3) is 0.294. The highest BCUT2D eigenvalue weighted by atomic mass is 32.2. The summed E-state index contributed by atoms with van der Waals surface area (Å²) in [5, 5.41) is 0. The molecule has 0 saturated carbocycles. The quantitative estimate of drug-likeness (QED) is 0.598. The Morgan fingerprint density at radius 1 is 1.33 bits per heavy atom. The van der Waals surface area contributed by atoms with Crippen LogP contribution < -0.4 is 0 Å². The number of rotatable bonds is 6. The Hall–Kier alpha value is -1.83. The standard InChI is InChI=1S/C17H21NO2S/c1-6-15(4)11-12-18(13-14(2)3)21(19,20)17-9-7-16(5)8-10-17/h1,7-11H,2,12-13H2,3-5H3/b15-11-. The normalized spacial score (nSPS) is 12.2. The van der Waals surface area contributed by atoms with Crippen molar-refractivity contribution in [2.45, 2.75) is 25.7 Å². The van der Waals surface area contributed by atoms with Gasteiger partial charge in [0.25, 0.3) is 0 Å². The van der Waals surface area contributed by atoms with Gasteiger partial charge in [0, 0.05) is 13.1 Å². The lowest BCUT2D eigenvalue weighted by atomic mass is 10.2. The molecule has 0 amide bonds. The Labute approximate surface area is 128 Å². The van der Waals surface area contributed by atoms with Crippen molar-refractivity contribution >= 4 is 10.0 Å². The Kier molecular flexibility index (Phi) is 5.95. The third kappa shape index (κ3) is 4.89. The minimum absolute atomic E-state index is 0.235. The molecular weight excluding hydrogens is 282 g/mol. The molecule has 0 bridgehead atoms. The maximum Gasteiger partial charge on any atom is 0.243 e. The second-order valence-electron chi connectivity index (χ2n) is 5.10. The predicted octanol–water partition coefficient (Wildman–Crippen LogP) is 3.14. The molecule has 1 aromatic rings. The minimum atomic E-state index is -3.56. The summed E-state index contributed by atoms with van der Waals surface area (Å²) in [4.78, 5) is 0.279. The fourth-order valence-corrected chi connectivity index (χ4v) is 3.14. The van der Waals surface area contributed by atoms with Crippen molar-refractivity contribution in [1.29, 1.82) is 0 Å². The van der Waals surface area contributed by atoms with E-state index in [1.165, 1.54) is 4.31 Å². The van der Waals surface area contributed by atoms with E-state index >= 15 is 0 Å². The highest BCUT2D eigenvalue weighted by Gasteiger charge is 2.23. The molecule has 0 aliphatic carbocycles. The summed E-state index contributed by atoms with van der Waals surface area (Å²) < 4.78 is 26.7. The summed E-state index contributed by atoms with van der Waals surface area (Å²) in [6.07, 6.45) is 7.02. The predicted molar refractivity (Wildman–Crippen MR) is 87.3 cm³/mol. The number of nitrogens with zero attached hydrogens (tertiary/aromatic N) is 1. The van der Waals surface area contributed by atoms with Gasteiger partial charge >= 0.3 is 0 Å². The number of benzene rings is 1. The molecular formula is C17H21NO2S. The Morgan fingerprint density at radius 3 is 2.38 bits per heavy atom. The molecule has 0 saturated heterocycles. The van der Waals surface area contributed by atoms with Crippen molar-refractivity contribution in [3.05, 3.63) is 53.6 Å². The van der Waals surface area contributed by atoms with Crippen LogP contribution in [0.4, 0.5) is 0 Å². The fourth-order valence-electron chi connectivity index (χ4n) is 1.71. The lowest BCUT2D eigenvalue weighted by Crippen LogP contribution is -2.32. The minimum Gasteiger partial charge on any atom is -0.207 e. The molecule has 0 N–H and O–H groups in total. The van der Waals surface area contributed by atoms with E-state index in [1.807, 2.05) is 6.92 Å². The molecule has 0 heterocycles.